The molecule has 2 aliphatic rings. The van der Waals surface area contributed by atoms with E-state index >= 15 is 0 Å². The number of aromatic amines is 1. The number of aromatic nitrogens is 2. The van der Waals surface area contributed by atoms with Crippen LogP contribution in [-0.2, 0) is 19.1 Å². The number of fused-ring (bicyclic) bond motifs is 1. The molecule has 0 unspecified atom stereocenters. The van der Waals surface area contributed by atoms with Gasteiger partial charge in [0.25, 0.3) is 11.8 Å². The number of hydrogen-bond acceptors (Lipinski definition) is 5. The Morgan fingerprint density at radius 2 is 2.04 bits per heavy atom. The number of carbonyl (C=O) groups excluding carboxylic acids is 2. The van der Waals surface area contributed by atoms with Crippen LogP contribution in [0.5, 0.6) is 0 Å². The first-order chi connectivity index (χ1) is 12.2. The predicted octanol–water partition coefficient (Wildman–Crippen LogP) is 0.908. The first-order valence-electron chi connectivity index (χ1n) is 8.47. The van der Waals surface area contributed by atoms with E-state index in [9.17, 15) is 9.59 Å². The van der Waals surface area contributed by atoms with Crippen molar-refractivity contribution in [2.75, 3.05) is 31.6 Å². The van der Waals surface area contributed by atoms with Gasteiger partial charge in [-0.15, -0.1) is 0 Å². The molecule has 8 nitrogen and oxygen atoms in total. The first-order valence-corrected chi connectivity index (χ1v) is 8.47. The quantitative estimate of drug-likeness (QED) is 0.863. The summed E-state index contributed by atoms with van der Waals surface area (Å²) in [6.45, 7) is 2.26. The van der Waals surface area contributed by atoms with Crippen molar-refractivity contribution in [3.05, 3.63) is 24.5 Å². The van der Waals surface area contributed by atoms with E-state index < -0.39 is 12.2 Å². The SMILES string of the molecule is O=C(Nc1cc2cc[nH]c2cn1)[C@@H]1CC[C@H](C(=O)N2CCOCC2)O1. The van der Waals surface area contributed by atoms with Gasteiger partial charge in [0, 0.05) is 24.7 Å². The minimum absolute atomic E-state index is 0.0505. The summed E-state index contributed by atoms with van der Waals surface area (Å²) < 4.78 is 11.0. The summed E-state index contributed by atoms with van der Waals surface area (Å²) in [5.41, 5.74) is 0.909. The Labute approximate surface area is 144 Å². The average molecular weight is 344 g/mol. The number of nitrogens with one attached hydrogen (secondary N) is 2. The Bertz CT molecular complexity index is 784. The molecule has 4 rings (SSSR count). The summed E-state index contributed by atoms with van der Waals surface area (Å²) in [6.07, 6.45) is 3.40. The predicted molar refractivity (Wildman–Crippen MR) is 90.0 cm³/mol. The third-order valence-electron chi connectivity index (χ3n) is 4.60. The molecule has 2 N–H and O–H groups in total. The second-order valence-electron chi connectivity index (χ2n) is 6.25. The van der Waals surface area contributed by atoms with Crippen LogP contribution in [0.3, 0.4) is 0 Å². The molecule has 2 fully saturated rings. The number of carbonyl (C=O) groups is 2. The smallest absolute Gasteiger partial charge is 0.254 e. The zero-order valence-electron chi connectivity index (χ0n) is 13.7. The molecule has 0 spiro atoms. The lowest BCUT2D eigenvalue weighted by Gasteiger charge is -2.29. The van der Waals surface area contributed by atoms with E-state index in [0.29, 0.717) is 45.0 Å². The van der Waals surface area contributed by atoms with Crippen molar-refractivity contribution in [1.29, 1.82) is 0 Å². The van der Waals surface area contributed by atoms with Gasteiger partial charge in [-0.25, -0.2) is 4.98 Å². The van der Waals surface area contributed by atoms with Crippen molar-refractivity contribution in [2.45, 2.75) is 25.0 Å². The minimum Gasteiger partial charge on any atom is -0.378 e. The molecule has 4 heterocycles. The Hall–Kier alpha value is -2.45. The molecule has 2 atom stereocenters. The minimum atomic E-state index is -0.626. The van der Waals surface area contributed by atoms with Crippen LogP contribution in [0.1, 0.15) is 12.8 Å². The normalized spacial score (nSPS) is 23.8. The fourth-order valence-corrected chi connectivity index (χ4v) is 3.22. The van der Waals surface area contributed by atoms with E-state index in [4.69, 9.17) is 9.47 Å². The van der Waals surface area contributed by atoms with Gasteiger partial charge in [-0.3, -0.25) is 9.59 Å². The monoisotopic (exact) mass is 344 g/mol. The van der Waals surface area contributed by atoms with Crippen LogP contribution in [0, 0.1) is 0 Å². The van der Waals surface area contributed by atoms with Crippen molar-refractivity contribution in [3.8, 4) is 0 Å². The maximum Gasteiger partial charge on any atom is 0.254 e. The van der Waals surface area contributed by atoms with Crippen LogP contribution >= 0.6 is 0 Å². The summed E-state index contributed by atoms with van der Waals surface area (Å²) >= 11 is 0. The molecule has 0 radical (unpaired) electrons. The van der Waals surface area contributed by atoms with E-state index in [0.717, 1.165) is 10.9 Å². The summed E-state index contributed by atoms with van der Waals surface area (Å²) in [5.74, 6) is 0.161. The maximum absolute atomic E-state index is 12.4. The van der Waals surface area contributed by atoms with Crippen LogP contribution in [0.4, 0.5) is 5.82 Å². The largest absolute Gasteiger partial charge is 0.378 e. The van der Waals surface area contributed by atoms with Crippen LogP contribution in [0.15, 0.2) is 24.5 Å². The Kier molecular flexibility index (Phi) is 4.37. The number of ether oxygens (including phenoxy) is 2. The number of morpholine rings is 1. The molecule has 8 heteroatoms. The van der Waals surface area contributed by atoms with Gasteiger partial charge in [0.2, 0.25) is 0 Å². The lowest BCUT2D eigenvalue weighted by atomic mass is 10.1. The molecule has 0 aliphatic carbocycles. The lowest BCUT2D eigenvalue weighted by Crippen LogP contribution is -2.46. The molecule has 0 aromatic carbocycles. The van der Waals surface area contributed by atoms with E-state index in [1.165, 1.54) is 0 Å². The molecule has 25 heavy (non-hydrogen) atoms. The Morgan fingerprint density at radius 1 is 1.24 bits per heavy atom. The molecule has 2 amide bonds. The molecular formula is C17H20N4O4. The zero-order valence-corrected chi connectivity index (χ0v) is 13.7. The summed E-state index contributed by atoms with van der Waals surface area (Å²) in [4.78, 5) is 33.9. The number of rotatable bonds is 3. The second kappa shape index (κ2) is 6.81. The third kappa shape index (κ3) is 3.35. The molecule has 132 valence electrons. The molecule has 0 bridgehead atoms. The lowest BCUT2D eigenvalue weighted by molar-refractivity contribution is -0.148. The van der Waals surface area contributed by atoms with Crippen molar-refractivity contribution >= 4 is 28.5 Å². The molecule has 2 aliphatic heterocycles. The number of amides is 2. The standard InChI is InChI=1S/C17H20N4O4/c22-16(20-15-9-11-3-4-18-12(11)10-19-15)13-1-2-14(25-13)17(23)21-5-7-24-8-6-21/h3-4,9-10,13-14,18H,1-2,5-8H2,(H,19,20,22)/t13-,14+/m0/s1. The highest BCUT2D eigenvalue weighted by molar-refractivity contribution is 5.95. The van der Waals surface area contributed by atoms with Crippen LogP contribution in [0.2, 0.25) is 0 Å². The van der Waals surface area contributed by atoms with E-state index in [-0.39, 0.29) is 11.8 Å². The molecule has 2 saturated heterocycles. The highest BCUT2D eigenvalue weighted by atomic mass is 16.5. The Morgan fingerprint density at radius 3 is 2.88 bits per heavy atom. The van der Waals surface area contributed by atoms with Gasteiger partial charge in [-0.2, -0.15) is 0 Å². The van der Waals surface area contributed by atoms with E-state index in [1.54, 1.807) is 17.2 Å². The highest BCUT2D eigenvalue weighted by Crippen LogP contribution is 2.23. The average Bonchev–Trinajstić information content (AvgIpc) is 3.31. The van der Waals surface area contributed by atoms with Crippen LogP contribution in [0.25, 0.3) is 10.9 Å². The van der Waals surface area contributed by atoms with Gasteiger partial charge in [0.1, 0.15) is 18.0 Å². The van der Waals surface area contributed by atoms with Crippen molar-refractivity contribution in [3.63, 3.8) is 0 Å². The topological polar surface area (TPSA) is 96.5 Å². The number of nitrogens with zero attached hydrogens (tertiary/aromatic N) is 2. The highest BCUT2D eigenvalue weighted by Gasteiger charge is 2.37. The van der Waals surface area contributed by atoms with E-state index in [2.05, 4.69) is 15.3 Å². The Balaban J connectivity index is 1.35. The third-order valence-corrected chi connectivity index (χ3v) is 4.60. The van der Waals surface area contributed by atoms with Gasteiger partial charge in [-0.1, -0.05) is 0 Å². The van der Waals surface area contributed by atoms with Crippen molar-refractivity contribution in [1.82, 2.24) is 14.9 Å². The van der Waals surface area contributed by atoms with Gasteiger partial charge < -0.3 is 24.7 Å². The van der Waals surface area contributed by atoms with Crippen molar-refractivity contribution in [2.24, 2.45) is 0 Å². The summed E-state index contributed by atoms with van der Waals surface area (Å²) in [7, 11) is 0. The fourth-order valence-electron chi connectivity index (χ4n) is 3.22. The molecular weight excluding hydrogens is 324 g/mol. The zero-order chi connectivity index (χ0) is 17.2. The molecule has 0 saturated carbocycles. The summed E-state index contributed by atoms with van der Waals surface area (Å²) in [5, 5.41) is 3.74. The fraction of sp³-hybridized carbons (Fsp3) is 0.471. The van der Waals surface area contributed by atoms with Gasteiger partial charge in [0.15, 0.2) is 0 Å². The van der Waals surface area contributed by atoms with Crippen LogP contribution in [-0.4, -0.2) is 65.2 Å². The molecule has 2 aromatic rings. The second-order valence-corrected chi connectivity index (χ2v) is 6.25. The van der Waals surface area contributed by atoms with E-state index in [1.807, 2.05) is 12.3 Å². The first kappa shape index (κ1) is 16.0. The van der Waals surface area contributed by atoms with Gasteiger partial charge in [0.05, 0.1) is 24.9 Å². The van der Waals surface area contributed by atoms with Gasteiger partial charge >= 0.3 is 0 Å². The summed E-state index contributed by atoms with van der Waals surface area (Å²) in [6, 6.07) is 3.71. The number of pyridine rings is 1. The maximum atomic E-state index is 12.4. The van der Waals surface area contributed by atoms with Gasteiger partial charge in [-0.05, 0) is 25.0 Å². The van der Waals surface area contributed by atoms with Crippen molar-refractivity contribution < 1.29 is 19.1 Å². The van der Waals surface area contributed by atoms with Crippen LogP contribution < -0.4 is 5.32 Å². The number of hydrogen-bond donors (Lipinski definition) is 2. The number of H-pyrrole nitrogens is 1. The molecule has 2 aromatic heterocycles. The number of anilines is 1.